The topological polar surface area (TPSA) is 67.0 Å². The summed E-state index contributed by atoms with van der Waals surface area (Å²) >= 11 is 1.58. The summed E-state index contributed by atoms with van der Waals surface area (Å²) in [4.78, 5) is 21.1. The number of nitrogens with zero attached hydrogens (tertiary/aromatic N) is 1. The van der Waals surface area contributed by atoms with Gasteiger partial charge in [0.2, 0.25) is 5.78 Å². The fourth-order valence-corrected chi connectivity index (χ4v) is 4.94. The molecule has 2 aromatic heterocycles. The number of allylic oxidation sites excluding steroid dienone is 1. The Hall–Kier alpha value is -2.51. The number of aromatic amines is 1. The van der Waals surface area contributed by atoms with Crippen molar-refractivity contribution in [3.63, 3.8) is 0 Å². The van der Waals surface area contributed by atoms with Crippen LogP contribution < -0.4 is 9.74 Å². The van der Waals surface area contributed by atoms with Crippen molar-refractivity contribution in [2.24, 2.45) is 0 Å². The molecule has 0 aliphatic carbocycles. The zero-order valence-electron chi connectivity index (χ0n) is 17.9. The molecule has 1 aliphatic rings. The van der Waals surface area contributed by atoms with Crippen LogP contribution in [0.2, 0.25) is 13.1 Å². The molecule has 3 heterocycles. The van der Waals surface area contributed by atoms with Gasteiger partial charge in [-0.15, -0.1) is 11.8 Å². The predicted octanol–water partition coefficient (Wildman–Crippen LogP) is 5.55. The quantitative estimate of drug-likeness (QED) is 0.405. The molecule has 1 aliphatic heterocycles. The molecule has 0 bridgehead atoms. The number of rotatable bonds is 5. The Morgan fingerprint density at radius 1 is 1.23 bits per heavy atom. The van der Waals surface area contributed by atoms with Gasteiger partial charge in [0, 0.05) is 34.3 Å². The smallest absolute Gasteiger partial charge is 0.276 e. The molecule has 7 heteroatoms. The number of pyridine rings is 1. The van der Waals surface area contributed by atoms with Crippen LogP contribution in [0.3, 0.4) is 0 Å². The monoisotopic (exact) mass is 436 g/mol. The van der Waals surface area contributed by atoms with Gasteiger partial charge in [0.05, 0.1) is 11.3 Å². The van der Waals surface area contributed by atoms with Crippen LogP contribution in [0.5, 0.6) is 5.88 Å². The highest BCUT2D eigenvalue weighted by atomic mass is 32.2. The van der Waals surface area contributed by atoms with Crippen LogP contribution in [-0.4, -0.2) is 24.8 Å². The van der Waals surface area contributed by atoms with E-state index in [-0.39, 0.29) is 16.6 Å². The van der Waals surface area contributed by atoms with E-state index in [1.54, 1.807) is 18.0 Å². The number of thioether (sulfide) groups is 1. The highest BCUT2D eigenvalue weighted by Crippen LogP contribution is 2.38. The number of nitrogens with one attached hydrogen (secondary N) is 2. The Bertz CT molecular complexity index is 1120. The molecule has 1 radical (unpaired) electrons. The fourth-order valence-electron chi connectivity index (χ4n) is 3.44. The van der Waals surface area contributed by atoms with Crippen molar-refractivity contribution in [1.82, 2.24) is 15.3 Å². The van der Waals surface area contributed by atoms with Crippen LogP contribution in [0.25, 0.3) is 10.9 Å². The van der Waals surface area contributed by atoms with Gasteiger partial charge in [-0.25, -0.2) is 0 Å². The van der Waals surface area contributed by atoms with Crippen molar-refractivity contribution in [2.45, 2.75) is 44.7 Å². The maximum atomic E-state index is 13.5. The third kappa shape index (κ3) is 4.04. The molecule has 4 rings (SSSR count). The Morgan fingerprint density at radius 3 is 2.70 bits per heavy atom. The lowest BCUT2D eigenvalue weighted by molar-refractivity contribution is 0.102. The van der Waals surface area contributed by atoms with Crippen molar-refractivity contribution in [3.05, 3.63) is 70.5 Å². The lowest BCUT2D eigenvalue weighted by Crippen LogP contribution is -2.21. The number of Topliss-reactive ketones (excluding diaryl/α,β-unsaturated/α-hetero) is 1. The summed E-state index contributed by atoms with van der Waals surface area (Å²) in [6, 6.07) is 10.2. The predicted molar refractivity (Wildman–Crippen MR) is 125 cm³/mol. The first-order valence-corrected chi connectivity index (χ1v) is 13.3. The Balaban J connectivity index is 1.70. The number of aromatic nitrogens is 2. The number of fused-ring (bicyclic) bond motifs is 1. The van der Waals surface area contributed by atoms with Gasteiger partial charge in [0.1, 0.15) is 5.37 Å². The summed E-state index contributed by atoms with van der Waals surface area (Å²) in [6.45, 7) is 10.7. The van der Waals surface area contributed by atoms with E-state index in [1.807, 2.05) is 29.8 Å². The molecule has 0 saturated heterocycles. The second-order valence-corrected chi connectivity index (χ2v) is 11.7. The van der Waals surface area contributed by atoms with Gasteiger partial charge < -0.3 is 14.7 Å². The standard InChI is InChI=1S/C23H26N3O2SSi/c1-23(2,3)15-8-9-16-17(11-15)25-21(28-30(4)5)19(16)20(27)18-13-29-22(26-18)14-7-6-10-24-12-14/h6-13,22,25-26H,1-5H3. The first kappa shape index (κ1) is 20.7. The first-order chi connectivity index (χ1) is 14.2. The molecule has 0 spiro atoms. The van der Waals surface area contributed by atoms with Gasteiger partial charge in [-0.3, -0.25) is 9.78 Å². The van der Waals surface area contributed by atoms with Crippen molar-refractivity contribution in [3.8, 4) is 5.88 Å². The summed E-state index contributed by atoms with van der Waals surface area (Å²) in [7, 11) is -1.04. The Kier molecular flexibility index (Phi) is 5.51. The van der Waals surface area contributed by atoms with E-state index < -0.39 is 9.04 Å². The van der Waals surface area contributed by atoms with Crippen LogP contribution in [0.1, 0.15) is 47.6 Å². The van der Waals surface area contributed by atoms with Gasteiger partial charge in [-0.2, -0.15) is 0 Å². The van der Waals surface area contributed by atoms with E-state index in [1.165, 1.54) is 5.56 Å². The SMILES string of the molecule is C[Si](C)Oc1[nH]c2cc(C(C)(C)C)ccc2c1C(=O)C1=CSC(c2cccnc2)N1. The van der Waals surface area contributed by atoms with E-state index in [0.717, 1.165) is 16.5 Å². The van der Waals surface area contributed by atoms with Gasteiger partial charge in [-0.1, -0.05) is 39.0 Å². The number of benzene rings is 1. The lowest BCUT2D eigenvalue weighted by atomic mass is 9.86. The van der Waals surface area contributed by atoms with E-state index in [4.69, 9.17) is 4.43 Å². The average Bonchev–Trinajstić information content (AvgIpc) is 3.31. The van der Waals surface area contributed by atoms with E-state index in [0.29, 0.717) is 17.1 Å². The minimum Gasteiger partial charge on any atom is -0.530 e. The van der Waals surface area contributed by atoms with Crippen LogP contribution in [0, 0.1) is 0 Å². The average molecular weight is 437 g/mol. The molecule has 2 N–H and O–H groups in total. The van der Waals surface area contributed by atoms with Gasteiger partial charge in [0.25, 0.3) is 9.04 Å². The van der Waals surface area contributed by atoms with Crippen LogP contribution >= 0.6 is 11.8 Å². The number of H-pyrrole nitrogens is 1. The van der Waals surface area contributed by atoms with E-state index in [9.17, 15) is 4.79 Å². The maximum absolute atomic E-state index is 13.5. The number of hydrogen-bond acceptors (Lipinski definition) is 5. The lowest BCUT2D eigenvalue weighted by Gasteiger charge is -2.18. The summed E-state index contributed by atoms with van der Waals surface area (Å²) in [5, 5.41) is 6.12. The minimum atomic E-state index is -1.04. The van der Waals surface area contributed by atoms with Gasteiger partial charge in [0.15, 0.2) is 5.88 Å². The fraction of sp³-hybridized carbons (Fsp3) is 0.304. The Morgan fingerprint density at radius 2 is 2.03 bits per heavy atom. The van der Waals surface area contributed by atoms with Crippen LogP contribution in [0.4, 0.5) is 0 Å². The van der Waals surface area contributed by atoms with E-state index in [2.05, 4.69) is 61.3 Å². The minimum absolute atomic E-state index is 0.0170. The third-order valence-electron chi connectivity index (χ3n) is 5.00. The highest BCUT2D eigenvalue weighted by Gasteiger charge is 2.29. The molecule has 0 amide bonds. The van der Waals surface area contributed by atoms with Gasteiger partial charge >= 0.3 is 0 Å². The molecule has 30 heavy (non-hydrogen) atoms. The number of carbonyl (C=O) groups is 1. The number of hydrogen-bond donors (Lipinski definition) is 2. The summed E-state index contributed by atoms with van der Waals surface area (Å²) < 4.78 is 6.10. The molecular weight excluding hydrogens is 410 g/mol. The zero-order valence-corrected chi connectivity index (χ0v) is 19.7. The largest absolute Gasteiger partial charge is 0.530 e. The molecule has 1 aromatic carbocycles. The zero-order chi connectivity index (χ0) is 21.5. The van der Waals surface area contributed by atoms with Crippen molar-refractivity contribution in [1.29, 1.82) is 0 Å². The second-order valence-electron chi connectivity index (χ2n) is 8.66. The molecule has 5 nitrogen and oxygen atoms in total. The first-order valence-electron chi connectivity index (χ1n) is 9.95. The summed E-state index contributed by atoms with van der Waals surface area (Å²) in [5.74, 6) is 0.513. The number of ketones is 1. The van der Waals surface area contributed by atoms with Crippen molar-refractivity contribution in [2.75, 3.05) is 0 Å². The molecule has 0 saturated carbocycles. The summed E-state index contributed by atoms with van der Waals surface area (Å²) in [5.41, 5.74) is 4.39. The van der Waals surface area contributed by atoms with Crippen LogP contribution in [0.15, 0.2) is 53.8 Å². The highest BCUT2D eigenvalue weighted by molar-refractivity contribution is 8.02. The van der Waals surface area contributed by atoms with Crippen LogP contribution in [-0.2, 0) is 5.41 Å². The molecular formula is C23H26N3O2SSi. The third-order valence-corrected chi connectivity index (χ3v) is 6.65. The maximum Gasteiger partial charge on any atom is 0.276 e. The Labute approximate surface area is 183 Å². The molecule has 155 valence electrons. The summed E-state index contributed by atoms with van der Waals surface area (Å²) in [6.07, 6.45) is 3.57. The number of carbonyl (C=O) groups excluding carboxylic acids is 1. The second kappa shape index (κ2) is 7.96. The molecule has 1 unspecified atom stereocenters. The van der Waals surface area contributed by atoms with E-state index >= 15 is 0 Å². The van der Waals surface area contributed by atoms with Crippen molar-refractivity contribution < 1.29 is 9.22 Å². The molecule has 1 atom stereocenters. The molecule has 3 aromatic rings. The molecule has 0 fully saturated rings. The normalized spacial score (nSPS) is 16.6. The van der Waals surface area contributed by atoms with Crippen molar-refractivity contribution >= 4 is 37.5 Å². The van der Waals surface area contributed by atoms with Gasteiger partial charge in [-0.05, 0) is 36.2 Å².